The Hall–Kier alpha value is -3.53. The van der Waals surface area contributed by atoms with E-state index in [1.54, 1.807) is 4.68 Å². The normalized spacial score (nSPS) is 15.2. The van der Waals surface area contributed by atoms with Crippen LogP contribution in [-0.4, -0.2) is 31.0 Å². The van der Waals surface area contributed by atoms with Crippen molar-refractivity contribution in [3.63, 3.8) is 0 Å². The number of para-hydroxylation sites is 1. The third-order valence-electron chi connectivity index (χ3n) is 5.00. The minimum absolute atomic E-state index is 0.0449. The summed E-state index contributed by atoms with van der Waals surface area (Å²) in [5.41, 5.74) is 0.850. The number of fused-ring (bicyclic) bond motifs is 2. The summed E-state index contributed by atoms with van der Waals surface area (Å²) in [6.45, 7) is 0. The molecular formula is C21H15F2N5O2S. The zero-order chi connectivity index (χ0) is 21.5. The summed E-state index contributed by atoms with van der Waals surface area (Å²) in [7, 11) is 0. The van der Waals surface area contributed by atoms with E-state index >= 15 is 0 Å². The molecule has 0 saturated heterocycles. The van der Waals surface area contributed by atoms with Crippen LogP contribution >= 0.6 is 11.8 Å². The second-order valence-electron chi connectivity index (χ2n) is 7.04. The van der Waals surface area contributed by atoms with Gasteiger partial charge in [0.1, 0.15) is 17.0 Å². The van der Waals surface area contributed by atoms with Gasteiger partial charge >= 0.3 is 0 Å². The number of benzene rings is 2. The first kappa shape index (κ1) is 19.4. The molecule has 2 aromatic heterocycles. The summed E-state index contributed by atoms with van der Waals surface area (Å²) in [6.07, 6.45) is 1.43. The first-order valence-electron chi connectivity index (χ1n) is 9.44. The van der Waals surface area contributed by atoms with Gasteiger partial charge in [-0.15, -0.1) is 0 Å². The molecule has 2 aromatic carbocycles. The molecule has 1 aliphatic heterocycles. The number of halogens is 2. The highest BCUT2D eigenvalue weighted by molar-refractivity contribution is 7.99. The summed E-state index contributed by atoms with van der Waals surface area (Å²) in [5, 5.41) is 7.59. The van der Waals surface area contributed by atoms with Gasteiger partial charge in [-0.3, -0.25) is 14.2 Å². The highest BCUT2D eigenvalue weighted by Crippen LogP contribution is 2.33. The van der Waals surface area contributed by atoms with Crippen molar-refractivity contribution in [2.45, 2.75) is 17.6 Å². The van der Waals surface area contributed by atoms with Gasteiger partial charge in [0.05, 0.1) is 23.6 Å². The highest BCUT2D eigenvalue weighted by Gasteiger charge is 2.29. The van der Waals surface area contributed by atoms with Gasteiger partial charge in [0.2, 0.25) is 5.91 Å². The Kier molecular flexibility index (Phi) is 4.78. The minimum atomic E-state index is -0.858. The van der Waals surface area contributed by atoms with Crippen LogP contribution in [0.3, 0.4) is 0 Å². The molecule has 4 aromatic rings. The summed E-state index contributed by atoms with van der Waals surface area (Å²) >= 11 is 1.37. The van der Waals surface area contributed by atoms with Crippen LogP contribution in [-0.2, 0) is 4.79 Å². The molecule has 1 aliphatic rings. The fourth-order valence-corrected chi connectivity index (χ4v) is 4.68. The van der Waals surface area contributed by atoms with Crippen molar-refractivity contribution in [2.24, 2.45) is 0 Å². The number of anilines is 1. The molecule has 0 radical (unpaired) electrons. The summed E-state index contributed by atoms with van der Waals surface area (Å²) in [4.78, 5) is 30.2. The zero-order valence-corrected chi connectivity index (χ0v) is 16.8. The number of nitrogens with zero attached hydrogens (tertiary/aromatic N) is 4. The van der Waals surface area contributed by atoms with Crippen molar-refractivity contribution in [3.8, 4) is 5.69 Å². The number of carbonyl (C=O) groups excluding carboxylic acids is 1. The maximum atomic E-state index is 13.8. The number of hydrogen-bond acceptors (Lipinski definition) is 5. The summed E-state index contributed by atoms with van der Waals surface area (Å²) in [5.74, 6) is -1.58. The molecular weight excluding hydrogens is 424 g/mol. The highest BCUT2D eigenvalue weighted by atomic mass is 32.2. The Bertz CT molecular complexity index is 1370. The Balaban J connectivity index is 1.44. The van der Waals surface area contributed by atoms with Crippen molar-refractivity contribution in [2.75, 3.05) is 11.1 Å². The Morgan fingerprint density at radius 1 is 1.19 bits per heavy atom. The summed E-state index contributed by atoms with van der Waals surface area (Å²) < 4.78 is 30.0. The SMILES string of the molecule is O=C(CC1CSc2nc3c(cnn3-c3ccccc3)c(=O)n21)Nc1ccc(F)cc1F. The van der Waals surface area contributed by atoms with Gasteiger partial charge in [0.15, 0.2) is 10.8 Å². The van der Waals surface area contributed by atoms with E-state index in [2.05, 4.69) is 15.4 Å². The van der Waals surface area contributed by atoms with Crippen molar-refractivity contribution < 1.29 is 13.6 Å². The Morgan fingerprint density at radius 3 is 2.77 bits per heavy atom. The first-order chi connectivity index (χ1) is 15.0. The van der Waals surface area contributed by atoms with Crippen LogP contribution in [0.15, 0.2) is 64.7 Å². The maximum Gasteiger partial charge on any atom is 0.265 e. The molecule has 0 fully saturated rings. The molecule has 1 amide bonds. The van der Waals surface area contributed by atoms with Gasteiger partial charge in [0, 0.05) is 18.2 Å². The number of amides is 1. The summed E-state index contributed by atoms with van der Waals surface area (Å²) in [6, 6.07) is 11.9. The minimum Gasteiger partial charge on any atom is -0.324 e. The van der Waals surface area contributed by atoms with E-state index in [9.17, 15) is 18.4 Å². The number of nitrogens with one attached hydrogen (secondary N) is 1. The fourth-order valence-electron chi connectivity index (χ4n) is 3.55. The molecule has 7 nitrogen and oxygen atoms in total. The van der Waals surface area contributed by atoms with Gasteiger partial charge < -0.3 is 5.32 Å². The van der Waals surface area contributed by atoms with Gasteiger partial charge in [-0.25, -0.2) is 18.4 Å². The number of thioether (sulfide) groups is 1. The lowest BCUT2D eigenvalue weighted by atomic mass is 10.2. The van der Waals surface area contributed by atoms with E-state index in [-0.39, 0.29) is 17.7 Å². The Labute approximate surface area is 178 Å². The lowest BCUT2D eigenvalue weighted by Crippen LogP contribution is -2.28. The van der Waals surface area contributed by atoms with Crippen LogP contribution in [0.4, 0.5) is 14.5 Å². The fraction of sp³-hybridized carbons (Fsp3) is 0.143. The van der Waals surface area contributed by atoms with Gasteiger partial charge in [-0.1, -0.05) is 30.0 Å². The lowest BCUT2D eigenvalue weighted by Gasteiger charge is -2.14. The van der Waals surface area contributed by atoms with Crippen molar-refractivity contribution in [1.29, 1.82) is 0 Å². The van der Waals surface area contributed by atoms with E-state index in [4.69, 9.17) is 0 Å². The molecule has 0 saturated carbocycles. The maximum absolute atomic E-state index is 13.8. The van der Waals surface area contributed by atoms with E-state index in [0.29, 0.717) is 28.0 Å². The average Bonchev–Trinajstić information content (AvgIpc) is 3.36. The van der Waals surface area contributed by atoms with Crippen molar-refractivity contribution in [1.82, 2.24) is 19.3 Å². The third kappa shape index (κ3) is 3.48. The second kappa shape index (κ2) is 7.62. The molecule has 31 heavy (non-hydrogen) atoms. The van der Waals surface area contributed by atoms with Crippen LogP contribution in [0, 0.1) is 11.6 Å². The van der Waals surface area contributed by atoms with Crippen LogP contribution in [0.5, 0.6) is 0 Å². The predicted molar refractivity (Wildman–Crippen MR) is 112 cm³/mol. The molecule has 1 atom stereocenters. The monoisotopic (exact) mass is 439 g/mol. The molecule has 5 rings (SSSR count). The predicted octanol–water partition coefficient (Wildman–Crippen LogP) is 3.54. The number of rotatable bonds is 4. The molecule has 3 heterocycles. The van der Waals surface area contributed by atoms with E-state index in [1.165, 1.54) is 22.5 Å². The van der Waals surface area contributed by atoms with Gasteiger partial charge in [0.25, 0.3) is 5.56 Å². The van der Waals surface area contributed by atoms with E-state index in [1.807, 2.05) is 30.3 Å². The molecule has 1 unspecified atom stereocenters. The van der Waals surface area contributed by atoms with Crippen LogP contribution in [0.1, 0.15) is 12.5 Å². The smallest absolute Gasteiger partial charge is 0.265 e. The van der Waals surface area contributed by atoms with Crippen LogP contribution < -0.4 is 10.9 Å². The Morgan fingerprint density at radius 2 is 2.00 bits per heavy atom. The number of carbonyl (C=O) groups is 1. The molecule has 0 bridgehead atoms. The van der Waals surface area contributed by atoms with Crippen LogP contribution in [0.25, 0.3) is 16.7 Å². The zero-order valence-electron chi connectivity index (χ0n) is 16.0. The number of hydrogen-bond donors (Lipinski definition) is 1. The topological polar surface area (TPSA) is 81.8 Å². The molecule has 0 spiro atoms. The third-order valence-corrected chi connectivity index (χ3v) is 6.10. The van der Waals surface area contributed by atoms with Gasteiger partial charge in [-0.05, 0) is 24.3 Å². The lowest BCUT2D eigenvalue weighted by molar-refractivity contribution is -0.116. The average molecular weight is 439 g/mol. The largest absolute Gasteiger partial charge is 0.324 e. The van der Waals surface area contributed by atoms with E-state index < -0.39 is 23.6 Å². The molecule has 156 valence electrons. The quantitative estimate of drug-likeness (QED) is 0.492. The molecule has 10 heteroatoms. The standard InChI is InChI=1S/C21H15F2N5O2S/c22-12-6-7-17(16(23)8-12)25-18(29)9-14-11-31-21-26-19-15(20(30)27(14)21)10-24-28(19)13-4-2-1-3-5-13/h1-8,10,14H,9,11H2,(H,25,29). The van der Waals surface area contributed by atoms with Crippen molar-refractivity contribution in [3.05, 3.63) is 76.7 Å². The van der Waals surface area contributed by atoms with E-state index in [0.717, 1.165) is 17.8 Å². The number of aromatic nitrogens is 4. The van der Waals surface area contributed by atoms with Crippen LogP contribution in [0.2, 0.25) is 0 Å². The molecule has 0 aliphatic carbocycles. The second-order valence-corrected chi connectivity index (χ2v) is 8.03. The van der Waals surface area contributed by atoms with Crippen molar-refractivity contribution >= 4 is 34.4 Å². The molecule has 1 N–H and O–H groups in total. The van der Waals surface area contributed by atoms with Gasteiger partial charge in [-0.2, -0.15) is 5.10 Å². The first-order valence-corrected chi connectivity index (χ1v) is 10.4.